The lowest BCUT2D eigenvalue weighted by atomic mass is 9.99. The highest BCUT2D eigenvalue weighted by Crippen LogP contribution is 2.32. The van der Waals surface area contributed by atoms with Crippen LogP contribution in [0.25, 0.3) is 5.78 Å². The Kier molecular flexibility index (Phi) is 6.21. The van der Waals surface area contributed by atoms with Gasteiger partial charge in [0.2, 0.25) is 17.6 Å². The summed E-state index contributed by atoms with van der Waals surface area (Å²) in [6.45, 7) is 4.97. The second-order valence-corrected chi connectivity index (χ2v) is 9.95. The van der Waals surface area contributed by atoms with E-state index in [4.69, 9.17) is 4.74 Å². The number of fused-ring (bicyclic) bond motifs is 3. The van der Waals surface area contributed by atoms with Gasteiger partial charge in [0.1, 0.15) is 18.0 Å². The molecule has 2 unspecified atom stereocenters. The number of piperidine rings is 1. The predicted molar refractivity (Wildman–Crippen MR) is 133 cm³/mol. The molecule has 4 saturated heterocycles. The summed E-state index contributed by atoms with van der Waals surface area (Å²) in [6, 6.07) is 1.90. The molecule has 4 fully saturated rings. The fraction of sp³-hybridized carbons (Fsp3) is 0.500. The van der Waals surface area contributed by atoms with Crippen molar-refractivity contribution in [2.24, 2.45) is 0 Å². The van der Waals surface area contributed by atoms with E-state index >= 15 is 0 Å². The van der Waals surface area contributed by atoms with Gasteiger partial charge in [-0.15, -0.1) is 5.10 Å². The number of carbonyl (C=O) groups excluding carboxylic acids is 1. The fourth-order valence-corrected chi connectivity index (χ4v) is 5.36. The zero-order valence-corrected chi connectivity index (χ0v) is 21.0. The predicted octanol–water partition coefficient (Wildman–Crippen LogP) is 1.38. The Morgan fingerprint density at radius 3 is 2.51 bits per heavy atom. The lowest BCUT2D eigenvalue weighted by molar-refractivity contribution is -0.137. The van der Waals surface area contributed by atoms with Crippen molar-refractivity contribution in [1.82, 2.24) is 24.5 Å². The van der Waals surface area contributed by atoms with Crippen molar-refractivity contribution in [3.05, 3.63) is 45.6 Å². The topological polar surface area (TPSA) is 109 Å². The van der Waals surface area contributed by atoms with E-state index in [1.54, 1.807) is 6.92 Å². The van der Waals surface area contributed by atoms with Gasteiger partial charge >= 0.3 is 6.18 Å². The minimum absolute atomic E-state index is 0.0803. The van der Waals surface area contributed by atoms with Gasteiger partial charge in [-0.05, 0) is 25.1 Å². The molecule has 7 rings (SSSR count). The molecule has 6 heterocycles. The number of alkyl halides is 3. The molecule has 11 nitrogen and oxygen atoms in total. The van der Waals surface area contributed by atoms with Gasteiger partial charge in [-0.1, -0.05) is 0 Å². The monoisotopic (exact) mass is 550 g/mol. The second kappa shape index (κ2) is 9.48. The summed E-state index contributed by atoms with van der Waals surface area (Å²) in [5.74, 6) is -1.44. The zero-order valence-electron chi connectivity index (χ0n) is 21.0. The quantitative estimate of drug-likeness (QED) is 0.459. The van der Waals surface area contributed by atoms with Crippen LogP contribution in [-0.4, -0.2) is 76.5 Å². The highest BCUT2D eigenvalue weighted by atomic mass is 19.4. The standard InChI is InChI=1S/C24H26F4N8O3/c1-13-20(33-6-4-29-5-7-33)21(38)36-23(31-22(32-36)34-10-15-9-16(11-34)39-15)35(13)12-19(37)30-18-3-2-14(8-17(18)25)24(26,27)28/h2-3,8,15-16,29H,4-7,9-12H2,1H3,(H,30,37). The molecular formula is C24H26F4N8O3. The van der Waals surface area contributed by atoms with Crippen LogP contribution in [0.1, 0.15) is 17.7 Å². The molecule has 0 spiro atoms. The third-order valence-corrected chi connectivity index (χ3v) is 7.31. The van der Waals surface area contributed by atoms with E-state index in [0.717, 1.165) is 12.5 Å². The van der Waals surface area contributed by atoms with Crippen molar-refractivity contribution in [2.75, 3.05) is 54.4 Å². The van der Waals surface area contributed by atoms with Crippen molar-refractivity contribution < 1.29 is 27.1 Å². The maximum Gasteiger partial charge on any atom is 0.416 e. The highest BCUT2D eigenvalue weighted by Gasteiger charge is 2.40. The van der Waals surface area contributed by atoms with Crippen LogP contribution in [0.4, 0.5) is 34.9 Å². The van der Waals surface area contributed by atoms with E-state index < -0.39 is 23.5 Å². The summed E-state index contributed by atoms with van der Waals surface area (Å²) >= 11 is 0. The third kappa shape index (κ3) is 4.69. The molecule has 2 N–H and O–H groups in total. The average Bonchev–Trinajstić information content (AvgIpc) is 3.34. The molecule has 0 aliphatic carbocycles. The number of nitrogens with one attached hydrogen (secondary N) is 2. The molecular weight excluding hydrogens is 524 g/mol. The summed E-state index contributed by atoms with van der Waals surface area (Å²) in [4.78, 5) is 35.1. The van der Waals surface area contributed by atoms with E-state index in [9.17, 15) is 27.2 Å². The number of rotatable bonds is 5. The first-order valence-corrected chi connectivity index (χ1v) is 12.6. The van der Waals surface area contributed by atoms with Crippen molar-refractivity contribution in [1.29, 1.82) is 0 Å². The number of piperazine rings is 1. The van der Waals surface area contributed by atoms with Gasteiger partial charge in [0.15, 0.2) is 0 Å². The summed E-state index contributed by atoms with van der Waals surface area (Å²) in [6.07, 6.45) is -3.59. The van der Waals surface area contributed by atoms with Crippen LogP contribution in [-0.2, 0) is 22.3 Å². The van der Waals surface area contributed by atoms with Crippen molar-refractivity contribution in [3.63, 3.8) is 0 Å². The summed E-state index contributed by atoms with van der Waals surface area (Å²) < 4.78 is 61.5. The molecule has 3 aromatic rings. The average molecular weight is 551 g/mol. The molecule has 2 atom stereocenters. The molecule has 4 aliphatic rings. The van der Waals surface area contributed by atoms with Crippen LogP contribution < -0.4 is 26.0 Å². The van der Waals surface area contributed by atoms with E-state index in [0.29, 0.717) is 68.7 Å². The number of aromatic nitrogens is 4. The number of halogens is 4. The van der Waals surface area contributed by atoms with Gasteiger partial charge in [0.25, 0.3) is 5.56 Å². The molecule has 39 heavy (non-hydrogen) atoms. The first kappa shape index (κ1) is 25.6. The first-order chi connectivity index (χ1) is 18.6. The minimum Gasteiger partial charge on any atom is -0.371 e. The number of hydrogen-bond donors (Lipinski definition) is 2. The van der Waals surface area contributed by atoms with Crippen molar-refractivity contribution >= 4 is 29.0 Å². The van der Waals surface area contributed by atoms with Crippen molar-refractivity contribution in [3.8, 4) is 0 Å². The van der Waals surface area contributed by atoms with E-state index in [2.05, 4.69) is 20.7 Å². The number of benzene rings is 1. The molecule has 2 aromatic heterocycles. The van der Waals surface area contributed by atoms with Gasteiger partial charge in [0.05, 0.1) is 23.5 Å². The van der Waals surface area contributed by atoms with Gasteiger partial charge in [-0.2, -0.15) is 22.7 Å². The Morgan fingerprint density at radius 1 is 1.18 bits per heavy atom. The van der Waals surface area contributed by atoms with Crippen LogP contribution in [0.15, 0.2) is 23.0 Å². The SMILES string of the molecule is Cc1c(N2CCNCC2)c(=O)n2nc(N3CC4CC(C3)O4)nc2n1CC(=O)Nc1ccc(C(F)(F)F)cc1F. The number of amides is 1. The maximum absolute atomic E-state index is 14.4. The fourth-order valence-electron chi connectivity index (χ4n) is 5.36. The van der Waals surface area contributed by atoms with Crippen LogP contribution in [0, 0.1) is 12.7 Å². The van der Waals surface area contributed by atoms with Gasteiger partial charge in [-0.3, -0.25) is 9.59 Å². The van der Waals surface area contributed by atoms with Crippen molar-refractivity contribution in [2.45, 2.75) is 38.3 Å². The Morgan fingerprint density at radius 2 is 1.87 bits per heavy atom. The Hall–Kier alpha value is -3.72. The summed E-state index contributed by atoms with van der Waals surface area (Å²) in [5.41, 5.74) is -1.07. The number of anilines is 3. The van der Waals surface area contributed by atoms with E-state index in [1.165, 1.54) is 9.08 Å². The molecule has 2 bridgehead atoms. The summed E-state index contributed by atoms with van der Waals surface area (Å²) in [7, 11) is 0. The molecule has 4 aliphatic heterocycles. The Labute approximate surface area is 219 Å². The maximum atomic E-state index is 14.4. The number of ether oxygens (including phenoxy) is 1. The van der Waals surface area contributed by atoms with Crippen LogP contribution in [0.3, 0.4) is 0 Å². The smallest absolute Gasteiger partial charge is 0.371 e. The van der Waals surface area contributed by atoms with Crippen LogP contribution in [0.5, 0.6) is 0 Å². The molecule has 15 heteroatoms. The first-order valence-electron chi connectivity index (χ1n) is 12.6. The Balaban J connectivity index is 1.36. The van der Waals surface area contributed by atoms with Crippen LogP contribution >= 0.6 is 0 Å². The number of nitrogens with zero attached hydrogens (tertiary/aromatic N) is 6. The largest absolute Gasteiger partial charge is 0.416 e. The number of morpholine rings is 1. The zero-order chi connectivity index (χ0) is 27.5. The van der Waals surface area contributed by atoms with E-state index in [1.807, 2.05) is 9.80 Å². The third-order valence-electron chi connectivity index (χ3n) is 7.31. The lowest BCUT2D eigenvalue weighted by Crippen LogP contribution is -2.57. The molecule has 208 valence electrons. The number of carbonyl (C=O) groups is 1. The Bertz CT molecular complexity index is 1480. The molecule has 0 radical (unpaired) electrons. The van der Waals surface area contributed by atoms with Crippen LogP contribution in [0.2, 0.25) is 0 Å². The van der Waals surface area contributed by atoms with E-state index in [-0.39, 0.29) is 35.8 Å². The van der Waals surface area contributed by atoms with Gasteiger partial charge in [0, 0.05) is 51.4 Å². The summed E-state index contributed by atoms with van der Waals surface area (Å²) in [5, 5.41) is 10.1. The molecule has 1 aromatic carbocycles. The number of hydrogen-bond acceptors (Lipinski definition) is 8. The van der Waals surface area contributed by atoms with Gasteiger partial charge < -0.3 is 29.7 Å². The second-order valence-electron chi connectivity index (χ2n) is 9.95. The lowest BCUT2D eigenvalue weighted by Gasteiger charge is -2.46. The normalized spacial score (nSPS) is 21.3. The molecule has 1 amide bonds. The molecule has 0 saturated carbocycles. The van der Waals surface area contributed by atoms with Gasteiger partial charge in [-0.25, -0.2) is 4.39 Å². The highest BCUT2D eigenvalue weighted by molar-refractivity contribution is 5.91. The minimum atomic E-state index is -4.71.